The smallest absolute Gasteiger partial charge is 0.225 e. The van der Waals surface area contributed by atoms with Crippen LogP contribution in [0.2, 0.25) is 0 Å². The van der Waals surface area contributed by atoms with E-state index in [1.54, 1.807) is 6.92 Å². The van der Waals surface area contributed by atoms with Crippen LogP contribution < -0.4 is 11.1 Å². The molecule has 1 amide bonds. The molecule has 3 N–H and O–H groups in total. The Labute approximate surface area is 129 Å². The summed E-state index contributed by atoms with van der Waals surface area (Å²) in [5, 5.41) is 3.91. The van der Waals surface area contributed by atoms with Gasteiger partial charge in [0, 0.05) is 12.0 Å². The average molecular weight is 303 g/mol. The molecule has 0 aliphatic carbocycles. The minimum atomic E-state index is -0.0571. The Morgan fingerprint density at radius 1 is 1.29 bits per heavy atom. The lowest BCUT2D eigenvalue weighted by molar-refractivity contribution is -0.115. The second-order valence-electron chi connectivity index (χ2n) is 5.96. The van der Waals surface area contributed by atoms with E-state index in [9.17, 15) is 4.79 Å². The number of nitrogens with two attached hydrogens (primary N) is 1. The molecule has 1 aromatic carbocycles. The van der Waals surface area contributed by atoms with Gasteiger partial charge < -0.3 is 11.1 Å². The Balaban J connectivity index is 2.28. The van der Waals surface area contributed by atoms with Crippen LogP contribution >= 0.6 is 11.3 Å². The van der Waals surface area contributed by atoms with Gasteiger partial charge in [0.1, 0.15) is 10.7 Å². The maximum absolute atomic E-state index is 11.4. The SMILES string of the molecule is CCC(=O)Nc1nc(-c2ccc(C(C)(C)C)cc2)c(N)s1. The number of amides is 1. The lowest BCUT2D eigenvalue weighted by Gasteiger charge is -2.18. The number of anilines is 2. The molecule has 1 aromatic heterocycles. The van der Waals surface area contributed by atoms with Gasteiger partial charge in [-0.1, -0.05) is 63.3 Å². The second-order valence-corrected chi connectivity index (χ2v) is 6.99. The van der Waals surface area contributed by atoms with E-state index in [4.69, 9.17) is 5.73 Å². The van der Waals surface area contributed by atoms with Gasteiger partial charge in [0.05, 0.1) is 0 Å². The largest absolute Gasteiger partial charge is 0.389 e. The fourth-order valence-electron chi connectivity index (χ4n) is 1.93. The molecule has 5 heteroatoms. The van der Waals surface area contributed by atoms with Gasteiger partial charge in [0.25, 0.3) is 0 Å². The highest BCUT2D eigenvalue weighted by molar-refractivity contribution is 7.20. The number of rotatable bonds is 3. The summed E-state index contributed by atoms with van der Waals surface area (Å²) in [6.45, 7) is 8.34. The monoisotopic (exact) mass is 303 g/mol. The molecular weight excluding hydrogens is 282 g/mol. The molecule has 0 aliphatic heterocycles. The lowest BCUT2D eigenvalue weighted by atomic mass is 9.86. The summed E-state index contributed by atoms with van der Waals surface area (Å²) in [6, 6.07) is 8.24. The molecule has 0 radical (unpaired) electrons. The summed E-state index contributed by atoms with van der Waals surface area (Å²) in [5.41, 5.74) is 9.10. The highest BCUT2D eigenvalue weighted by Gasteiger charge is 2.15. The fraction of sp³-hybridized carbons (Fsp3) is 0.375. The number of thiazole rings is 1. The van der Waals surface area contributed by atoms with Crippen LogP contribution in [0.1, 0.15) is 39.7 Å². The van der Waals surface area contributed by atoms with Crippen LogP contribution in [0.4, 0.5) is 10.1 Å². The number of nitrogen functional groups attached to an aromatic ring is 1. The fourth-order valence-corrected chi connectivity index (χ4v) is 2.70. The molecule has 0 saturated carbocycles. The highest BCUT2D eigenvalue weighted by atomic mass is 32.1. The summed E-state index contributed by atoms with van der Waals surface area (Å²) < 4.78 is 0. The molecule has 0 unspecified atom stereocenters. The number of carbonyl (C=O) groups excluding carboxylic acids is 1. The van der Waals surface area contributed by atoms with Gasteiger partial charge in [-0.15, -0.1) is 0 Å². The Bertz CT molecular complexity index is 639. The third-order valence-electron chi connectivity index (χ3n) is 3.25. The van der Waals surface area contributed by atoms with E-state index in [2.05, 4.69) is 43.2 Å². The second kappa shape index (κ2) is 5.85. The standard InChI is InChI=1S/C16H21N3OS/c1-5-12(20)18-15-19-13(14(17)21-15)10-6-8-11(9-7-10)16(2,3)4/h6-9H,5,17H2,1-4H3,(H,18,19,20). The van der Waals surface area contributed by atoms with E-state index in [0.29, 0.717) is 16.6 Å². The number of nitrogens with one attached hydrogen (secondary N) is 1. The predicted octanol–water partition coefficient (Wildman–Crippen LogP) is 4.04. The maximum Gasteiger partial charge on any atom is 0.225 e. The first-order valence-corrected chi connectivity index (χ1v) is 7.80. The Kier molecular flexibility index (Phi) is 4.32. The van der Waals surface area contributed by atoms with Crippen LogP contribution in [-0.2, 0) is 10.2 Å². The van der Waals surface area contributed by atoms with Crippen molar-refractivity contribution >= 4 is 27.4 Å². The lowest BCUT2D eigenvalue weighted by Crippen LogP contribution is -2.10. The highest BCUT2D eigenvalue weighted by Crippen LogP contribution is 2.34. The van der Waals surface area contributed by atoms with Gasteiger partial charge in [-0.3, -0.25) is 4.79 Å². The van der Waals surface area contributed by atoms with Crippen molar-refractivity contribution in [3.63, 3.8) is 0 Å². The first kappa shape index (κ1) is 15.5. The number of hydrogen-bond acceptors (Lipinski definition) is 4. The van der Waals surface area contributed by atoms with Gasteiger partial charge in [0.15, 0.2) is 5.13 Å². The molecule has 0 atom stereocenters. The van der Waals surface area contributed by atoms with Crippen molar-refractivity contribution in [2.75, 3.05) is 11.1 Å². The van der Waals surface area contributed by atoms with Crippen molar-refractivity contribution in [1.29, 1.82) is 0 Å². The molecule has 21 heavy (non-hydrogen) atoms. The van der Waals surface area contributed by atoms with Gasteiger partial charge >= 0.3 is 0 Å². The summed E-state index contributed by atoms with van der Waals surface area (Å²) >= 11 is 1.30. The van der Waals surface area contributed by atoms with Crippen LogP contribution in [0.15, 0.2) is 24.3 Å². The molecule has 2 aromatic rings. The van der Waals surface area contributed by atoms with Crippen LogP contribution in [0, 0.1) is 0 Å². The summed E-state index contributed by atoms with van der Waals surface area (Å²) in [6.07, 6.45) is 0.426. The molecule has 0 fully saturated rings. The van der Waals surface area contributed by atoms with E-state index >= 15 is 0 Å². The Morgan fingerprint density at radius 2 is 1.90 bits per heavy atom. The van der Waals surface area contributed by atoms with E-state index in [1.165, 1.54) is 16.9 Å². The molecule has 0 aliphatic rings. The predicted molar refractivity (Wildman–Crippen MR) is 89.6 cm³/mol. The van der Waals surface area contributed by atoms with Crippen molar-refractivity contribution < 1.29 is 4.79 Å². The zero-order valence-corrected chi connectivity index (χ0v) is 13.7. The van der Waals surface area contributed by atoms with Crippen LogP contribution in [0.5, 0.6) is 0 Å². The topological polar surface area (TPSA) is 68.0 Å². The average Bonchev–Trinajstić information content (AvgIpc) is 2.78. The molecule has 112 valence electrons. The van der Waals surface area contributed by atoms with Crippen molar-refractivity contribution in [2.24, 2.45) is 0 Å². The van der Waals surface area contributed by atoms with Crippen LogP contribution in [0.25, 0.3) is 11.3 Å². The van der Waals surface area contributed by atoms with Crippen molar-refractivity contribution in [3.8, 4) is 11.3 Å². The van der Waals surface area contributed by atoms with Crippen LogP contribution in [0.3, 0.4) is 0 Å². The van der Waals surface area contributed by atoms with Gasteiger partial charge in [-0.05, 0) is 11.0 Å². The third-order valence-corrected chi connectivity index (χ3v) is 4.05. The summed E-state index contributed by atoms with van der Waals surface area (Å²) in [5.74, 6) is -0.0571. The zero-order chi connectivity index (χ0) is 15.6. The molecular formula is C16H21N3OS. The quantitative estimate of drug-likeness (QED) is 0.899. The van der Waals surface area contributed by atoms with E-state index in [1.807, 2.05) is 12.1 Å². The summed E-state index contributed by atoms with van der Waals surface area (Å²) in [7, 11) is 0. The van der Waals surface area contributed by atoms with Crippen molar-refractivity contribution in [2.45, 2.75) is 39.5 Å². The molecule has 0 bridgehead atoms. The normalized spacial score (nSPS) is 11.4. The molecule has 1 heterocycles. The maximum atomic E-state index is 11.4. The minimum Gasteiger partial charge on any atom is -0.389 e. The van der Waals surface area contributed by atoms with E-state index in [-0.39, 0.29) is 11.3 Å². The zero-order valence-electron chi connectivity index (χ0n) is 12.9. The number of aromatic nitrogens is 1. The molecule has 2 rings (SSSR count). The number of nitrogens with zero attached hydrogens (tertiary/aromatic N) is 1. The van der Waals surface area contributed by atoms with Crippen molar-refractivity contribution in [3.05, 3.63) is 29.8 Å². The van der Waals surface area contributed by atoms with Gasteiger partial charge in [-0.2, -0.15) is 0 Å². The summed E-state index contributed by atoms with van der Waals surface area (Å²) in [4.78, 5) is 15.8. The first-order valence-electron chi connectivity index (χ1n) is 6.98. The molecule has 4 nitrogen and oxygen atoms in total. The third kappa shape index (κ3) is 3.61. The van der Waals surface area contributed by atoms with E-state index < -0.39 is 0 Å². The van der Waals surface area contributed by atoms with Gasteiger partial charge in [0.2, 0.25) is 5.91 Å². The minimum absolute atomic E-state index is 0.0571. The molecule has 0 spiro atoms. The van der Waals surface area contributed by atoms with Crippen molar-refractivity contribution in [1.82, 2.24) is 4.98 Å². The first-order chi connectivity index (χ1) is 9.81. The molecule has 0 saturated heterocycles. The van der Waals surface area contributed by atoms with Gasteiger partial charge in [-0.25, -0.2) is 4.98 Å². The Hall–Kier alpha value is -1.88. The number of carbonyl (C=O) groups is 1. The Morgan fingerprint density at radius 3 is 2.43 bits per heavy atom. The van der Waals surface area contributed by atoms with Crippen LogP contribution in [-0.4, -0.2) is 10.9 Å². The number of benzene rings is 1. The van der Waals surface area contributed by atoms with E-state index in [0.717, 1.165) is 11.3 Å². The number of hydrogen-bond donors (Lipinski definition) is 2.